The maximum atomic E-state index is 12.4. The first kappa shape index (κ1) is 14.0. The first-order valence-corrected chi connectivity index (χ1v) is 7.14. The lowest BCUT2D eigenvalue weighted by atomic mass is 10.0. The van der Waals surface area contributed by atoms with Crippen molar-refractivity contribution in [2.24, 2.45) is 0 Å². The molecule has 1 N–H and O–H groups in total. The Morgan fingerprint density at radius 1 is 1.32 bits per heavy atom. The van der Waals surface area contributed by atoms with Crippen LogP contribution in [0.15, 0.2) is 36.5 Å². The van der Waals surface area contributed by atoms with Crippen LogP contribution in [0.2, 0.25) is 0 Å². The highest BCUT2D eigenvalue weighted by molar-refractivity contribution is 9.09. The summed E-state index contributed by atoms with van der Waals surface area (Å²) in [7, 11) is 0. The molecule has 1 atom stereocenters. The first-order chi connectivity index (χ1) is 8.92. The molecule has 0 fully saturated rings. The zero-order valence-corrected chi connectivity index (χ0v) is 12.9. The van der Waals surface area contributed by atoms with Gasteiger partial charge in [-0.25, -0.2) is 0 Å². The number of nitrogens with zero attached hydrogens (tertiary/aromatic N) is 1. The molecule has 1 aromatic heterocycles. The lowest BCUT2D eigenvalue weighted by Crippen LogP contribution is -2.48. The highest BCUT2D eigenvalue weighted by Crippen LogP contribution is 2.20. The number of fused-ring (bicyclic) bond motifs is 1. The van der Waals surface area contributed by atoms with Gasteiger partial charge < -0.3 is 5.32 Å². The van der Waals surface area contributed by atoms with Gasteiger partial charge in [-0.3, -0.25) is 9.78 Å². The molecule has 1 unspecified atom stereocenters. The number of halogens is 1. The van der Waals surface area contributed by atoms with Gasteiger partial charge in [-0.1, -0.05) is 41.1 Å². The van der Waals surface area contributed by atoms with E-state index in [9.17, 15) is 4.79 Å². The predicted octanol–water partition coefficient (Wildman–Crippen LogP) is 3.53. The summed E-state index contributed by atoms with van der Waals surface area (Å²) in [5, 5.41) is 4.01. The van der Waals surface area contributed by atoms with E-state index in [1.54, 1.807) is 12.3 Å². The standard InChI is InChI=1S/C15H17BrN2O/c1-10(16)15(2,3)18-14(19)12-8-4-6-11-7-5-9-17-13(11)12/h4-10H,1-3H3,(H,18,19). The van der Waals surface area contributed by atoms with Crippen LogP contribution in [0.5, 0.6) is 0 Å². The van der Waals surface area contributed by atoms with Crippen LogP contribution in [0.3, 0.4) is 0 Å². The van der Waals surface area contributed by atoms with E-state index in [4.69, 9.17) is 0 Å². The predicted molar refractivity (Wildman–Crippen MR) is 81.7 cm³/mol. The zero-order valence-electron chi connectivity index (χ0n) is 11.3. The molecular formula is C15H17BrN2O. The van der Waals surface area contributed by atoms with Gasteiger partial charge in [0.15, 0.2) is 0 Å². The number of alkyl halides is 1. The normalized spacial score (nSPS) is 13.3. The molecule has 19 heavy (non-hydrogen) atoms. The van der Waals surface area contributed by atoms with Crippen LogP contribution in [0.1, 0.15) is 31.1 Å². The molecule has 100 valence electrons. The fraction of sp³-hybridized carbons (Fsp3) is 0.333. The molecular weight excluding hydrogens is 304 g/mol. The summed E-state index contributed by atoms with van der Waals surface area (Å²) in [4.78, 5) is 16.9. The van der Waals surface area contributed by atoms with Crippen LogP contribution < -0.4 is 5.32 Å². The number of rotatable bonds is 3. The Morgan fingerprint density at radius 3 is 2.68 bits per heavy atom. The monoisotopic (exact) mass is 320 g/mol. The molecule has 0 spiro atoms. The van der Waals surface area contributed by atoms with E-state index >= 15 is 0 Å². The Hall–Kier alpha value is -1.42. The van der Waals surface area contributed by atoms with E-state index in [0.717, 1.165) is 10.9 Å². The molecule has 2 aromatic rings. The molecule has 3 nitrogen and oxygen atoms in total. The van der Waals surface area contributed by atoms with Crippen molar-refractivity contribution in [3.8, 4) is 0 Å². The number of benzene rings is 1. The summed E-state index contributed by atoms with van der Waals surface area (Å²) in [6, 6.07) is 9.46. The Kier molecular flexibility index (Phi) is 3.90. The van der Waals surface area contributed by atoms with Crippen molar-refractivity contribution in [2.75, 3.05) is 0 Å². The summed E-state index contributed by atoms with van der Waals surface area (Å²) < 4.78 is 0. The summed E-state index contributed by atoms with van der Waals surface area (Å²) >= 11 is 3.52. The van der Waals surface area contributed by atoms with E-state index < -0.39 is 0 Å². The van der Waals surface area contributed by atoms with Gasteiger partial charge in [0.2, 0.25) is 0 Å². The number of hydrogen-bond donors (Lipinski definition) is 1. The Balaban J connectivity index is 2.37. The van der Waals surface area contributed by atoms with Crippen molar-refractivity contribution >= 4 is 32.7 Å². The number of aromatic nitrogens is 1. The number of pyridine rings is 1. The number of amides is 1. The van der Waals surface area contributed by atoms with Crippen LogP contribution in [-0.4, -0.2) is 21.3 Å². The molecule has 0 bridgehead atoms. The molecule has 0 aliphatic carbocycles. The fourth-order valence-corrected chi connectivity index (χ4v) is 1.86. The number of carbonyl (C=O) groups is 1. The average molecular weight is 321 g/mol. The molecule has 1 amide bonds. The van der Waals surface area contributed by atoms with E-state index in [1.165, 1.54) is 0 Å². The second-order valence-corrected chi connectivity index (χ2v) is 6.55. The molecule has 2 rings (SSSR count). The number of carbonyl (C=O) groups excluding carboxylic acids is 1. The van der Waals surface area contributed by atoms with Gasteiger partial charge in [-0.15, -0.1) is 0 Å². The van der Waals surface area contributed by atoms with Gasteiger partial charge >= 0.3 is 0 Å². The van der Waals surface area contributed by atoms with Crippen molar-refractivity contribution < 1.29 is 4.79 Å². The lowest BCUT2D eigenvalue weighted by Gasteiger charge is -2.29. The second kappa shape index (κ2) is 5.29. The third kappa shape index (κ3) is 2.95. The number of hydrogen-bond acceptors (Lipinski definition) is 2. The van der Waals surface area contributed by atoms with Gasteiger partial charge in [0.05, 0.1) is 11.1 Å². The fourth-order valence-electron chi connectivity index (χ4n) is 1.75. The molecule has 1 heterocycles. The van der Waals surface area contributed by atoms with E-state index in [-0.39, 0.29) is 16.3 Å². The molecule has 1 aromatic carbocycles. The van der Waals surface area contributed by atoms with Crippen molar-refractivity contribution in [3.63, 3.8) is 0 Å². The van der Waals surface area contributed by atoms with Crippen LogP contribution in [0, 0.1) is 0 Å². The van der Waals surface area contributed by atoms with Gasteiger partial charge in [-0.2, -0.15) is 0 Å². The maximum Gasteiger partial charge on any atom is 0.253 e. The smallest absolute Gasteiger partial charge is 0.253 e. The van der Waals surface area contributed by atoms with Gasteiger partial charge in [0, 0.05) is 21.9 Å². The second-order valence-electron chi connectivity index (χ2n) is 5.17. The molecule has 0 radical (unpaired) electrons. The molecule has 0 saturated carbocycles. The van der Waals surface area contributed by atoms with Crippen molar-refractivity contribution in [1.29, 1.82) is 0 Å². The summed E-state index contributed by atoms with van der Waals surface area (Å²) in [5.74, 6) is -0.0967. The topological polar surface area (TPSA) is 42.0 Å². The summed E-state index contributed by atoms with van der Waals surface area (Å²) in [6.45, 7) is 5.99. The van der Waals surface area contributed by atoms with Crippen molar-refractivity contribution in [2.45, 2.75) is 31.1 Å². The van der Waals surface area contributed by atoms with Crippen LogP contribution in [0.4, 0.5) is 0 Å². The Morgan fingerprint density at radius 2 is 2.00 bits per heavy atom. The van der Waals surface area contributed by atoms with Crippen LogP contribution in [0.25, 0.3) is 10.9 Å². The largest absolute Gasteiger partial charge is 0.346 e. The van der Waals surface area contributed by atoms with Gasteiger partial charge in [-0.05, 0) is 26.0 Å². The van der Waals surface area contributed by atoms with Crippen molar-refractivity contribution in [3.05, 3.63) is 42.1 Å². The Labute approximate surface area is 121 Å². The third-order valence-electron chi connectivity index (χ3n) is 3.31. The molecule has 0 saturated heterocycles. The van der Waals surface area contributed by atoms with Crippen LogP contribution in [-0.2, 0) is 0 Å². The highest BCUT2D eigenvalue weighted by atomic mass is 79.9. The number of para-hydroxylation sites is 1. The molecule has 0 aliphatic rings. The highest BCUT2D eigenvalue weighted by Gasteiger charge is 2.26. The van der Waals surface area contributed by atoms with Gasteiger partial charge in [0.25, 0.3) is 5.91 Å². The number of nitrogens with one attached hydrogen (secondary N) is 1. The third-order valence-corrected chi connectivity index (χ3v) is 4.45. The minimum atomic E-state index is -0.325. The van der Waals surface area contributed by atoms with E-state index in [2.05, 4.69) is 26.2 Å². The minimum Gasteiger partial charge on any atom is -0.346 e. The van der Waals surface area contributed by atoms with Gasteiger partial charge in [0.1, 0.15) is 0 Å². The summed E-state index contributed by atoms with van der Waals surface area (Å²) in [6.07, 6.45) is 1.71. The Bertz CT molecular complexity index is 603. The quantitative estimate of drug-likeness (QED) is 0.879. The first-order valence-electron chi connectivity index (χ1n) is 6.22. The molecule has 4 heteroatoms. The van der Waals surface area contributed by atoms with E-state index in [1.807, 2.05) is 45.0 Å². The summed E-state index contributed by atoms with van der Waals surface area (Å²) in [5.41, 5.74) is 1.02. The lowest BCUT2D eigenvalue weighted by molar-refractivity contribution is 0.0915. The zero-order chi connectivity index (χ0) is 14.0. The average Bonchev–Trinajstić information content (AvgIpc) is 2.37. The SMILES string of the molecule is CC(Br)C(C)(C)NC(=O)c1cccc2cccnc12. The minimum absolute atomic E-state index is 0.0967. The maximum absolute atomic E-state index is 12.4. The van der Waals surface area contributed by atoms with Crippen molar-refractivity contribution in [1.82, 2.24) is 10.3 Å². The molecule has 0 aliphatic heterocycles. The van der Waals surface area contributed by atoms with Crippen LogP contribution >= 0.6 is 15.9 Å². The van der Waals surface area contributed by atoms with E-state index in [0.29, 0.717) is 5.56 Å².